The molecule has 1 aliphatic heterocycles. The standard InChI is InChI=1S/C19H32N4O.HI/c1-22(2)19(20-15-17-7-5-4-6-8-17)21-16-18-9-11-23(12-10-18)13-14-24-3;/h4-8,18H,9-16H2,1-3H3,(H,20,21);1H. The summed E-state index contributed by atoms with van der Waals surface area (Å²) in [6.45, 7) is 5.96. The molecule has 1 aromatic rings. The van der Waals surface area contributed by atoms with Gasteiger partial charge in [-0.25, -0.2) is 4.99 Å². The van der Waals surface area contributed by atoms with Crippen LogP contribution >= 0.6 is 24.0 Å². The lowest BCUT2D eigenvalue weighted by Gasteiger charge is -2.32. The number of guanidine groups is 1. The summed E-state index contributed by atoms with van der Waals surface area (Å²) < 4.78 is 5.16. The normalized spacial score (nSPS) is 16.4. The van der Waals surface area contributed by atoms with Crippen molar-refractivity contribution < 1.29 is 4.74 Å². The molecule has 0 radical (unpaired) electrons. The predicted molar refractivity (Wildman–Crippen MR) is 116 cm³/mol. The van der Waals surface area contributed by atoms with Gasteiger partial charge >= 0.3 is 0 Å². The zero-order valence-corrected chi connectivity index (χ0v) is 18.1. The number of methoxy groups -OCH3 is 1. The van der Waals surface area contributed by atoms with E-state index in [2.05, 4.69) is 39.4 Å². The number of nitrogens with zero attached hydrogens (tertiary/aromatic N) is 3. The number of hydrogen-bond donors (Lipinski definition) is 1. The smallest absolute Gasteiger partial charge is 0.193 e. The van der Waals surface area contributed by atoms with Crippen molar-refractivity contribution in [1.82, 2.24) is 15.1 Å². The number of likely N-dealkylation sites (tertiary alicyclic amines) is 1. The Kier molecular flexibility index (Phi) is 11.1. The van der Waals surface area contributed by atoms with Crippen LogP contribution in [0.15, 0.2) is 35.3 Å². The Morgan fingerprint density at radius 1 is 1.24 bits per heavy atom. The van der Waals surface area contributed by atoms with Crippen LogP contribution in [-0.2, 0) is 11.3 Å². The molecule has 6 heteroatoms. The van der Waals surface area contributed by atoms with Crippen molar-refractivity contribution in [3.63, 3.8) is 0 Å². The molecule has 25 heavy (non-hydrogen) atoms. The summed E-state index contributed by atoms with van der Waals surface area (Å²) >= 11 is 0. The number of piperidine rings is 1. The highest BCUT2D eigenvalue weighted by molar-refractivity contribution is 14.0. The average molecular weight is 460 g/mol. The van der Waals surface area contributed by atoms with Gasteiger partial charge in [-0.05, 0) is 37.4 Å². The Bertz CT molecular complexity index is 487. The fraction of sp³-hybridized carbons (Fsp3) is 0.632. The first kappa shape index (κ1) is 22.2. The van der Waals surface area contributed by atoms with E-state index in [0.717, 1.165) is 38.1 Å². The van der Waals surface area contributed by atoms with E-state index in [1.165, 1.54) is 31.5 Å². The monoisotopic (exact) mass is 460 g/mol. The van der Waals surface area contributed by atoms with Crippen LogP contribution in [0.25, 0.3) is 0 Å². The van der Waals surface area contributed by atoms with Gasteiger partial charge in [0.15, 0.2) is 5.96 Å². The number of benzene rings is 1. The fourth-order valence-electron chi connectivity index (χ4n) is 2.98. The molecular weight excluding hydrogens is 427 g/mol. The molecule has 0 unspecified atom stereocenters. The minimum absolute atomic E-state index is 0. The summed E-state index contributed by atoms with van der Waals surface area (Å²) in [6.07, 6.45) is 2.49. The van der Waals surface area contributed by atoms with Gasteiger partial charge in [-0.3, -0.25) is 0 Å². The molecule has 0 saturated carbocycles. The second kappa shape index (κ2) is 12.5. The predicted octanol–water partition coefficient (Wildman–Crippen LogP) is 2.67. The Balaban J connectivity index is 0.00000312. The van der Waals surface area contributed by atoms with Crippen LogP contribution in [0.4, 0.5) is 0 Å². The SMILES string of the molecule is COCCN1CCC(CNC(=NCc2ccccc2)N(C)C)CC1.I. The Morgan fingerprint density at radius 3 is 2.52 bits per heavy atom. The van der Waals surface area contributed by atoms with E-state index >= 15 is 0 Å². The molecule has 0 aliphatic carbocycles. The summed E-state index contributed by atoms with van der Waals surface area (Å²) in [5, 5.41) is 3.55. The summed E-state index contributed by atoms with van der Waals surface area (Å²) in [7, 11) is 5.86. The van der Waals surface area contributed by atoms with Crippen molar-refractivity contribution in [2.45, 2.75) is 19.4 Å². The van der Waals surface area contributed by atoms with Gasteiger partial charge in [0.1, 0.15) is 0 Å². The maximum Gasteiger partial charge on any atom is 0.193 e. The number of halogens is 1. The van der Waals surface area contributed by atoms with Crippen LogP contribution in [0.3, 0.4) is 0 Å². The van der Waals surface area contributed by atoms with Gasteiger partial charge in [0.05, 0.1) is 13.2 Å². The molecule has 1 aromatic carbocycles. The highest BCUT2D eigenvalue weighted by Gasteiger charge is 2.19. The Morgan fingerprint density at radius 2 is 1.92 bits per heavy atom. The van der Waals surface area contributed by atoms with Gasteiger partial charge in [0.25, 0.3) is 0 Å². The van der Waals surface area contributed by atoms with Crippen molar-refractivity contribution >= 4 is 29.9 Å². The van der Waals surface area contributed by atoms with E-state index < -0.39 is 0 Å². The molecule has 5 nitrogen and oxygen atoms in total. The maximum absolute atomic E-state index is 5.16. The van der Waals surface area contributed by atoms with E-state index in [0.29, 0.717) is 0 Å². The highest BCUT2D eigenvalue weighted by atomic mass is 127. The lowest BCUT2D eigenvalue weighted by Crippen LogP contribution is -2.43. The molecule has 0 amide bonds. The van der Waals surface area contributed by atoms with E-state index in [1.807, 2.05) is 20.2 Å². The molecule has 1 fully saturated rings. The van der Waals surface area contributed by atoms with Crippen LogP contribution in [0.5, 0.6) is 0 Å². The zero-order valence-electron chi connectivity index (χ0n) is 15.8. The molecule has 142 valence electrons. The molecule has 1 aliphatic rings. The summed E-state index contributed by atoms with van der Waals surface area (Å²) in [5.41, 5.74) is 1.24. The molecular formula is C19H33IN4O. The summed E-state index contributed by atoms with van der Waals surface area (Å²) in [4.78, 5) is 9.30. The van der Waals surface area contributed by atoms with E-state index in [1.54, 1.807) is 7.11 Å². The second-order valence-corrected chi connectivity index (χ2v) is 6.68. The van der Waals surface area contributed by atoms with E-state index in [-0.39, 0.29) is 24.0 Å². The molecule has 0 spiro atoms. The third-order valence-electron chi connectivity index (χ3n) is 4.55. The highest BCUT2D eigenvalue weighted by Crippen LogP contribution is 2.16. The van der Waals surface area contributed by atoms with Crippen molar-refractivity contribution in [1.29, 1.82) is 0 Å². The average Bonchev–Trinajstić information content (AvgIpc) is 2.61. The Hall–Kier alpha value is -0.860. The molecule has 0 aromatic heterocycles. The first-order chi connectivity index (χ1) is 11.7. The maximum atomic E-state index is 5.16. The lowest BCUT2D eigenvalue weighted by molar-refractivity contribution is 0.120. The zero-order chi connectivity index (χ0) is 17.2. The third kappa shape index (κ3) is 8.37. The number of hydrogen-bond acceptors (Lipinski definition) is 3. The quantitative estimate of drug-likeness (QED) is 0.386. The second-order valence-electron chi connectivity index (χ2n) is 6.68. The first-order valence-electron chi connectivity index (χ1n) is 8.90. The molecule has 1 heterocycles. The van der Waals surface area contributed by atoms with Crippen LogP contribution < -0.4 is 5.32 Å². The van der Waals surface area contributed by atoms with Gasteiger partial charge < -0.3 is 19.9 Å². The molecule has 1 N–H and O–H groups in total. The molecule has 0 atom stereocenters. The first-order valence-corrected chi connectivity index (χ1v) is 8.90. The third-order valence-corrected chi connectivity index (χ3v) is 4.55. The van der Waals surface area contributed by atoms with Crippen molar-refractivity contribution in [2.75, 3.05) is 54.0 Å². The van der Waals surface area contributed by atoms with Crippen molar-refractivity contribution in [3.05, 3.63) is 35.9 Å². The van der Waals surface area contributed by atoms with Crippen molar-refractivity contribution in [3.8, 4) is 0 Å². The number of rotatable bonds is 7. The van der Waals surface area contributed by atoms with Crippen LogP contribution in [-0.4, -0.2) is 69.8 Å². The number of aliphatic imine (C=N–C) groups is 1. The fourth-order valence-corrected chi connectivity index (χ4v) is 2.98. The summed E-state index contributed by atoms with van der Waals surface area (Å²) in [5.74, 6) is 1.70. The Labute approximate surface area is 169 Å². The van der Waals surface area contributed by atoms with Gasteiger partial charge in [-0.1, -0.05) is 30.3 Å². The summed E-state index contributed by atoms with van der Waals surface area (Å²) in [6, 6.07) is 10.4. The molecule has 1 saturated heterocycles. The van der Waals surface area contributed by atoms with Gasteiger partial charge in [0.2, 0.25) is 0 Å². The lowest BCUT2D eigenvalue weighted by atomic mass is 9.97. The number of ether oxygens (including phenoxy) is 1. The number of nitrogens with one attached hydrogen (secondary N) is 1. The topological polar surface area (TPSA) is 40.1 Å². The van der Waals surface area contributed by atoms with Crippen molar-refractivity contribution in [2.24, 2.45) is 10.9 Å². The van der Waals surface area contributed by atoms with Crippen LogP contribution in [0.2, 0.25) is 0 Å². The van der Waals surface area contributed by atoms with E-state index in [9.17, 15) is 0 Å². The molecule has 0 bridgehead atoms. The minimum atomic E-state index is 0. The van der Waals surface area contributed by atoms with E-state index in [4.69, 9.17) is 9.73 Å². The van der Waals surface area contributed by atoms with Gasteiger partial charge in [0, 0.05) is 34.3 Å². The van der Waals surface area contributed by atoms with Crippen LogP contribution in [0, 0.1) is 5.92 Å². The van der Waals surface area contributed by atoms with Gasteiger partial charge in [-0.15, -0.1) is 24.0 Å². The van der Waals surface area contributed by atoms with Crippen LogP contribution in [0.1, 0.15) is 18.4 Å². The molecule has 2 rings (SSSR count). The largest absolute Gasteiger partial charge is 0.383 e. The van der Waals surface area contributed by atoms with Gasteiger partial charge in [-0.2, -0.15) is 0 Å². The minimum Gasteiger partial charge on any atom is -0.383 e.